The number of hydrogen-bond donors (Lipinski definition) is 1. The Bertz CT molecular complexity index is 898. The maximum atomic E-state index is 12.9. The zero-order valence-electron chi connectivity index (χ0n) is 14.2. The van der Waals surface area contributed by atoms with Gasteiger partial charge < -0.3 is 5.11 Å². The van der Waals surface area contributed by atoms with E-state index in [1.54, 1.807) is 0 Å². The Morgan fingerprint density at radius 3 is 2.35 bits per heavy atom. The number of ketones is 1. The van der Waals surface area contributed by atoms with Crippen molar-refractivity contribution in [3.05, 3.63) is 52.1 Å². The largest absolute Gasteiger partial charge is 0.380 e. The molecule has 2 nitrogen and oxygen atoms in total. The van der Waals surface area contributed by atoms with Gasteiger partial charge in [-0.05, 0) is 54.2 Å². The average Bonchev–Trinajstić information content (AvgIpc) is 2.91. The lowest BCUT2D eigenvalue weighted by Crippen LogP contribution is -2.34. The van der Waals surface area contributed by atoms with E-state index in [9.17, 15) is 9.90 Å². The van der Waals surface area contributed by atoms with Gasteiger partial charge in [-0.3, -0.25) is 4.79 Å². The lowest BCUT2D eigenvalue weighted by molar-refractivity contribution is -0.123. The molecule has 0 spiro atoms. The van der Waals surface area contributed by atoms with Gasteiger partial charge in [0.05, 0.1) is 5.92 Å². The number of fused-ring (bicyclic) bond motifs is 3. The van der Waals surface area contributed by atoms with Crippen LogP contribution in [0.15, 0.2) is 29.8 Å². The van der Waals surface area contributed by atoms with Crippen LogP contribution in [-0.2, 0) is 10.4 Å². The normalized spacial score (nSPS) is 25.6. The first-order valence-corrected chi connectivity index (χ1v) is 8.50. The molecule has 0 radical (unpaired) electrons. The highest BCUT2D eigenvalue weighted by Crippen LogP contribution is 2.60. The maximum Gasteiger partial charge on any atom is 0.165 e. The van der Waals surface area contributed by atoms with Crippen LogP contribution in [0.3, 0.4) is 0 Å². The lowest BCUT2D eigenvalue weighted by Gasteiger charge is -2.29. The number of rotatable bonds is 2. The molecule has 2 aliphatic rings. The van der Waals surface area contributed by atoms with Crippen LogP contribution in [0.4, 0.5) is 0 Å². The van der Waals surface area contributed by atoms with Crippen LogP contribution < -0.4 is 0 Å². The van der Waals surface area contributed by atoms with Crippen molar-refractivity contribution in [2.75, 3.05) is 0 Å². The van der Waals surface area contributed by atoms with E-state index < -0.39 is 5.60 Å². The van der Waals surface area contributed by atoms with E-state index in [0.717, 1.165) is 44.2 Å². The monoisotopic (exact) mass is 306 g/mol. The minimum absolute atomic E-state index is 0.137. The summed E-state index contributed by atoms with van der Waals surface area (Å²) in [5, 5.41) is 14.1. The topological polar surface area (TPSA) is 37.3 Å². The molecule has 2 aromatic rings. The summed E-state index contributed by atoms with van der Waals surface area (Å²) in [6.07, 6.45) is 1.33. The van der Waals surface area contributed by atoms with E-state index in [1.165, 1.54) is 0 Å². The number of allylic oxidation sites excluding steroid dienone is 1. The summed E-state index contributed by atoms with van der Waals surface area (Å²) >= 11 is 0. The first-order chi connectivity index (χ1) is 11.0. The third kappa shape index (κ3) is 1.50. The van der Waals surface area contributed by atoms with E-state index in [-0.39, 0.29) is 11.7 Å². The van der Waals surface area contributed by atoms with Gasteiger partial charge >= 0.3 is 0 Å². The molecule has 2 aromatic carbocycles. The fourth-order valence-corrected chi connectivity index (χ4v) is 4.84. The van der Waals surface area contributed by atoms with Gasteiger partial charge in [-0.15, -0.1) is 0 Å². The lowest BCUT2D eigenvalue weighted by atomic mass is 9.79. The molecule has 0 fully saturated rings. The quantitative estimate of drug-likeness (QED) is 0.891. The number of benzene rings is 2. The average molecular weight is 306 g/mol. The molecule has 0 bridgehead atoms. The molecular formula is C21H22O2. The Hall–Kier alpha value is -1.93. The van der Waals surface area contributed by atoms with Crippen molar-refractivity contribution in [3.8, 4) is 0 Å². The van der Waals surface area contributed by atoms with Gasteiger partial charge in [0.2, 0.25) is 0 Å². The van der Waals surface area contributed by atoms with Crippen LogP contribution in [0.5, 0.6) is 0 Å². The minimum Gasteiger partial charge on any atom is -0.380 e. The third-order valence-corrected chi connectivity index (χ3v) is 5.80. The Morgan fingerprint density at radius 1 is 1.09 bits per heavy atom. The highest BCUT2D eigenvalue weighted by molar-refractivity contribution is 6.19. The van der Waals surface area contributed by atoms with Crippen LogP contribution >= 0.6 is 0 Å². The molecule has 2 heteroatoms. The first-order valence-electron chi connectivity index (χ1n) is 8.50. The molecule has 0 aromatic heterocycles. The van der Waals surface area contributed by atoms with Crippen LogP contribution in [0.1, 0.15) is 48.9 Å². The van der Waals surface area contributed by atoms with Crippen molar-refractivity contribution < 1.29 is 9.90 Å². The van der Waals surface area contributed by atoms with Gasteiger partial charge in [-0.25, -0.2) is 0 Å². The number of carbonyl (C=O) groups excluding carboxylic acids is 1. The summed E-state index contributed by atoms with van der Waals surface area (Å²) in [6.45, 7) is 8.14. The van der Waals surface area contributed by atoms with Crippen LogP contribution in [0.2, 0.25) is 0 Å². The molecule has 0 saturated heterocycles. The Kier molecular flexibility index (Phi) is 2.90. The van der Waals surface area contributed by atoms with E-state index in [0.29, 0.717) is 12.8 Å². The van der Waals surface area contributed by atoms with Crippen LogP contribution in [-0.4, -0.2) is 10.9 Å². The Labute approximate surface area is 136 Å². The molecule has 2 aliphatic carbocycles. The molecule has 2 unspecified atom stereocenters. The van der Waals surface area contributed by atoms with Gasteiger partial charge in [0, 0.05) is 16.7 Å². The number of aliphatic hydroxyl groups is 1. The predicted molar refractivity (Wildman–Crippen MR) is 93.3 cm³/mol. The van der Waals surface area contributed by atoms with Gasteiger partial charge in [0.1, 0.15) is 5.60 Å². The standard InChI is InChI=1S/C21H22O2/c1-5-14-19-16-11(3)7-9-13-10-8-12(4)18(17(13)16)21(19,23)15(6-2)20(14)22/h7-10,15,23H,5-6H2,1-4H3. The van der Waals surface area contributed by atoms with Crippen molar-refractivity contribution in [2.45, 2.75) is 46.1 Å². The van der Waals surface area contributed by atoms with Crippen LogP contribution in [0, 0.1) is 19.8 Å². The Balaban J connectivity index is 2.25. The van der Waals surface area contributed by atoms with Gasteiger partial charge in [0.15, 0.2) is 5.78 Å². The molecule has 4 rings (SSSR count). The fourth-order valence-electron chi connectivity index (χ4n) is 4.84. The molecule has 0 amide bonds. The highest BCUT2D eigenvalue weighted by Gasteiger charge is 2.57. The van der Waals surface area contributed by atoms with E-state index in [1.807, 2.05) is 20.8 Å². The molecule has 0 saturated carbocycles. The predicted octanol–water partition coefficient (Wildman–Crippen LogP) is 4.43. The number of carbonyl (C=O) groups is 1. The number of hydrogen-bond acceptors (Lipinski definition) is 2. The molecular weight excluding hydrogens is 284 g/mol. The zero-order chi connectivity index (χ0) is 16.5. The smallest absolute Gasteiger partial charge is 0.165 e. The zero-order valence-corrected chi connectivity index (χ0v) is 14.2. The van der Waals surface area contributed by atoms with Crippen molar-refractivity contribution in [1.82, 2.24) is 0 Å². The van der Waals surface area contributed by atoms with Gasteiger partial charge in [-0.1, -0.05) is 38.1 Å². The second-order valence-corrected chi connectivity index (χ2v) is 6.91. The van der Waals surface area contributed by atoms with E-state index >= 15 is 0 Å². The minimum atomic E-state index is -1.14. The van der Waals surface area contributed by atoms with Crippen molar-refractivity contribution in [3.63, 3.8) is 0 Å². The molecule has 0 aliphatic heterocycles. The molecule has 2 atom stereocenters. The summed E-state index contributed by atoms with van der Waals surface area (Å²) in [4.78, 5) is 12.9. The maximum absolute atomic E-state index is 12.9. The summed E-state index contributed by atoms with van der Waals surface area (Å²) < 4.78 is 0. The van der Waals surface area contributed by atoms with E-state index in [2.05, 4.69) is 31.2 Å². The molecule has 118 valence electrons. The van der Waals surface area contributed by atoms with Crippen molar-refractivity contribution >= 4 is 22.1 Å². The summed E-state index contributed by atoms with van der Waals surface area (Å²) in [6, 6.07) is 8.41. The highest BCUT2D eigenvalue weighted by atomic mass is 16.3. The summed E-state index contributed by atoms with van der Waals surface area (Å²) in [5.74, 6) is -0.221. The second-order valence-electron chi connectivity index (χ2n) is 6.91. The third-order valence-electron chi connectivity index (χ3n) is 5.80. The van der Waals surface area contributed by atoms with Gasteiger partial charge in [-0.2, -0.15) is 0 Å². The molecule has 1 N–H and O–H groups in total. The van der Waals surface area contributed by atoms with E-state index in [4.69, 9.17) is 0 Å². The van der Waals surface area contributed by atoms with Gasteiger partial charge in [0.25, 0.3) is 0 Å². The second kappa shape index (κ2) is 4.55. The van der Waals surface area contributed by atoms with Crippen molar-refractivity contribution in [1.29, 1.82) is 0 Å². The SMILES string of the molecule is CCC1=C2c3c(C)ccc4ccc(C)c(c34)C2(O)C(CC)C1=O. The molecule has 0 heterocycles. The summed E-state index contributed by atoms with van der Waals surface area (Å²) in [5.41, 5.74) is 4.86. The number of aryl methyl sites for hydroxylation is 2. The van der Waals surface area contributed by atoms with Crippen molar-refractivity contribution in [2.24, 2.45) is 5.92 Å². The molecule has 23 heavy (non-hydrogen) atoms. The fraction of sp³-hybridized carbons (Fsp3) is 0.381. The van der Waals surface area contributed by atoms with Crippen LogP contribution in [0.25, 0.3) is 16.3 Å². The summed E-state index contributed by atoms with van der Waals surface area (Å²) in [7, 11) is 0. The first kappa shape index (κ1) is 14.6. The number of Topliss-reactive ketones (excluding diaryl/α,β-unsaturated/α-hetero) is 1. The Morgan fingerprint density at radius 2 is 1.74 bits per heavy atom.